The largest absolute Gasteiger partial charge is 0.357 e. The van der Waals surface area contributed by atoms with Crippen molar-refractivity contribution in [3.63, 3.8) is 0 Å². The van der Waals surface area contributed by atoms with Crippen molar-refractivity contribution in [2.75, 3.05) is 4.90 Å². The molecule has 6 heteroatoms. The highest BCUT2D eigenvalue weighted by atomic mass is 16.2. The molecule has 0 atom stereocenters. The maximum absolute atomic E-state index is 12.9. The van der Waals surface area contributed by atoms with Crippen molar-refractivity contribution in [1.29, 1.82) is 0 Å². The fraction of sp³-hybridized carbons (Fsp3) is 0.267. The van der Waals surface area contributed by atoms with Crippen molar-refractivity contribution in [3.8, 4) is 11.4 Å². The van der Waals surface area contributed by atoms with Crippen LogP contribution >= 0.6 is 0 Å². The van der Waals surface area contributed by atoms with E-state index < -0.39 is 0 Å². The Hall–Kier alpha value is -4.06. The quantitative estimate of drug-likeness (QED) is 0.313. The van der Waals surface area contributed by atoms with E-state index in [2.05, 4.69) is 24.9 Å². The Balaban J connectivity index is 1.32. The van der Waals surface area contributed by atoms with Gasteiger partial charge in [0.2, 0.25) is 5.91 Å². The van der Waals surface area contributed by atoms with E-state index in [1.807, 2.05) is 72.5 Å². The molecule has 182 valence electrons. The summed E-state index contributed by atoms with van der Waals surface area (Å²) in [6, 6.07) is 17.8. The van der Waals surface area contributed by atoms with Gasteiger partial charge in [-0.05, 0) is 35.1 Å². The van der Waals surface area contributed by atoms with Gasteiger partial charge in [-0.25, -0.2) is 9.97 Å². The van der Waals surface area contributed by atoms with Gasteiger partial charge in [-0.1, -0.05) is 62.4 Å². The van der Waals surface area contributed by atoms with E-state index in [0.29, 0.717) is 42.5 Å². The molecule has 0 aliphatic carbocycles. The lowest BCUT2D eigenvalue weighted by Crippen LogP contribution is -2.26. The highest BCUT2D eigenvalue weighted by molar-refractivity contribution is 6.00. The topological polar surface area (TPSA) is 68.1 Å². The number of rotatable bonds is 8. The van der Waals surface area contributed by atoms with Gasteiger partial charge in [0.15, 0.2) is 11.6 Å². The number of carbonyl (C=O) groups excluding carboxylic acids is 2. The van der Waals surface area contributed by atoms with Crippen LogP contribution in [0.4, 0.5) is 5.82 Å². The van der Waals surface area contributed by atoms with Crippen molar-refractivity contribution < 1.29 is 9.59 Å². The number of nitrogens with zero attached hydrogens (tertiary/aromatic N) is 4. The molecule has 0 saturated heterocycles. The predicted molar refractivity (Wildman–Crippen MR) is 141 cm³/mol. The zero-order valence-corrected chi connectivity index (χ0v) is 20.9. The summed E-state index contributed by atoms with van der Waals surface area (Å²) in [5, 5.41) is 0. The second kappa shape index (κ2) is 9.90. The highest BCUT2D eigenvalue weighted by Crippen LogP contribution is 2.32. The minimum absolute atomic E-state index is 0.0107. The van der Waals surface area contributed by atoms with Crippen molar-refractivity contribution >= 4 is 17.5 Å². The number of ketones is 1. The van der Waals surface area contributed by atoms with E-state index >= 15 is 0 Å². The molecule has 5 rings (SSSR count). The van der Waals surface area contributed by atoms with Crippen LogP contribution in [0, 0.1) is 0 Å². The van der Waals surface area contributed by atoms with Crippen LogP contribution in [0.1, 0.15) is 58.8 Å². The van der Waals surface area contributed by atoms with Gasteiger partial charge in [0.05, 0.1) is 13.0 Å². The number of carbonyl (C=O) groups is 2. The number of amides is 1. The summed E-state index contributed by atoms with van der Waals surface area (Å²) in [6.07, 6.45) is 7.31. The van der Waals surface area contributed by atoms with Crippen LogP contribution in [0.25, 0.3) is 11.4 Å². The molecule has 1 aliphatic rings. The Labute approximate surface area is 211 Å². The summed E-state index contributed by atoms with van der Waals surface area (Å²) in [5.41, 5.74) is 5.83. The van der Waals surface area contributed by atoms with Crippen LogP contribution in [0.5, 0.6) is 0 Å². The third-order valence-corrected chi connectivity index (χ3v) is 6.71. The van der Waals surface area contributed by atoms with Crippen LogP contribution in [0.3, 0.4) is 0 Å². The number of benzene rings is 2. The number of hydrogen-bond acceptors (Lipinski definition) is 4. The lowest BCUT2D eigenvalue weighted by atomic mass is 9.97. The Morgan fingerprint density at radius 3 is 2.53 bits per heavy atom. The molecule has 36 heavy (non-hydrogen) atoms. The van der Waals surface area contributed by atoms with E-state index in [4.69, 9.17) is 4.98 Å². The summed E-state index contributed by atoms with van der Waals surface area (Å²) in [6.45, 7) is 4.71. The monoisotopic (exact) mass is 478 g/mol. The van der Waals surface area contributed by atoms with E-state index in [1.54, 1.807) is 11.1 Å². The van der Waals surface area contributed by atoms with Gasteiger partial charge in [0.1, 0.15) is 5.82 Å². The first kappa shape index (κ1) is 23.7. The van der Waals surface area contributed by atoms with Crippen LogP contribution in [-0.2, 0) is 31.2 Å². The molecular formula is C30H30N4O2. The van der Waals surface area contributed by atoms with Crippen molar-refractivity contribution in [2.24, 2.45) is 7.05 Å². The summed E-state index contributed by atoms with van der Waals surface area (Å²) in [4.78, 5) is 36.7. The summed E-state index contributed by atoms with van der Waals surface area (Å²) < 4.78 is 1.99. The molecule has 0 saturated carbocycles. The smallest absolute Gasteiger partial charge is 0.233 e. The molecule has 1 aliphatic heterocycles. The van der Waals surface area contributed by atoms with Crippen molar-refractivity contribution in [2.45, 2.75) is 45.6 Å². The molecule has 2 aromatic heterocycles. The van der Waals surface area contributed by atoms with Crippen molar-refractivity contribution in [1.82, 2.24) is 14.5 Å². The fourth-order valence-electron chi connectivity index (χ4n) is 4.72. The maximum Gasteiger partial charge on any atom is 0.233 e. The zero-order chi connectivity index (χ0) is 25.2. The minimum atomic E-state index is 0.0107. The normalized spacial score (nSPS) is 12.9. The molecule has 2 aromatic carbocycles. The van der Waals surface area contributed by atoms with E-state index in [-0.39, 0.29) is 11.7 Å². The van der Waals surface area contributed by atoms with E-state index in [1.165, 1.54) is 5.56 Å². The Bertz CT molecular complexity index is 1420. The number of fused-ring (bicyclic) bond motifs is 1. The molecule has 0 spiro atoms. The second-order valence-corrected chi connectivity index (χ2v) is 9.75. The first-order valence-electron chi connectivity index (χ1n) is 12.4. The summed E-state index contributed by atoms with van der Waals surface area (Å²) >= 11 is 0. The van der Waals surface area contributed by atoms with Gasteiger partial charge in [0, 0.05) is 48.7 Å². The number of hydrogen-bond donors (Lipinski definition) is 0. The number of aryl methyl sites for hydroxylation is 2. The Kier molecular flexibility index (Phi) is 6.51. The molecule has 0 N–H and O–H groups in total. The number of anilines is 1. The summed E-state index contributed by atoms with van der Waals surface area (Å²) in [5.74, 6) is 1.78. The van der Waals surface area contributed by atoms with Crippen LogP contribution in [0.15, 0.2) is 73.2 Å². The molecule has 3 heterocycles. The van der Waals surface area contributed by atoms with E-state index in [0.717, 1.165) is 28.7 Å². The first-order valence-corrected chi connectivity index (χ1v) is 12.4. The summed E-state index contributed by atoms with van der Waals surface area (Å²) in [7, 11) is 1.98. The molecular weight excluding hydrogens is 448 g/mol. The molecule has 6 nitrogen and oxygen atoms in total. The Morgan fingerprint density at radius 2 is 1.81 bits per heavy atom. The lowest BCUT2D eigenvalue weighted by Gasteiger charge is -2.18. The molecule has 0 radical (unpaired) electrons. The molecule has 1 amide bonds. The highest BCUT2D eigenvalue weighted by Gasteiger charge is 2.30. The van der Waals surface area contributed by atoms with Gasteiger partial charge in [-0.3, -0.25) is 14.5 Å². The average Bonchev–Trinajstić information content (AvgIpc) is 3.44. The van der Waals surface area contributed by atoms with Crippen LogP contribution in [0.2, 0.25) is 0 Å². The predicted octanol–water partition coefficient (Wildman–Crippen LogP) is 5.51. The fourth-order valence-corrected chi connectivity index (χ4v) is 4.72. The van der Waals surface area contributed by atoms with E-state index in [9.17, 15) is 9.59 Å². The van der Waals surface area contributed by atoms with Crippen LogP contribution in [-0.4, -0.2) is 26.2 Å². The molecule has 4 aromatic rings. The van der Waals surface area contributed by atoms with Crippen LogP contribution < -0.4 is 4.90 Å². The molecule has 0 bridgehead atoms. The standard InChI is InChI=1S/C30H30N4O2/c1-20(2)25-6-4-5-7-26(25)29-31-17-24-16-28(36)34(30(24)32-29)19-21-8-11-23(12-9-21)27(35)13-10-22-14-15-33(3)18-22/h4-9,11-12,14-15,17-18,20H,10,13,16,19H2,1-3H3. The third kappa shape index (κ3) is 4.85. The van der Waals surface area contributed by atoms with Crippen molar-refractivity contribution in [3.05, 3.63) is 101 Å². The van der Waals surface area contributed by atoms with Gasteiger partial charge < -0.3 is 4.57 Å². The SMILES string of the molecule is CC(C)c1ccccc1-c1ncc2c(n1)N(Cc1ccc(C(=O)CCc3ccn(C)c3)cc1)C(=O)C2. The first-order chi connectivity index (χ1) is 17.4. The van der Waals surface area contributed by atoms with Gasteiger partial charge >= 0.3 is 0 Å². The van der Waals surface area contributed by atoms with Gasteiger partial charge in [-0.2, -0.15) is 0 Å². The number of Topliss-reactive ketones (excluding diaryl/α,β-unsaturated/α-hetero) is 1. The number of aromatic nitrogens is 3. The van der Waals surface area contributed by atoms with Gasteiger partial charge in [-0.15, -0.1) is 0 Å². The third-order valence-electron chi connectivity index (χ3n) is 6.71. The molecule has 0 unspecified atom stereocenters. The molecule has 0 fully saturated rings. The zero-order valence-electron chi connectivity index (χ0n) is 20.9. The Morgan fingerprint density at radius 1 is 1.03 bits per heavy atom. The minimum Gasteiger partial charge on any atom is -0.357 e. The maximum atomic E-state index is 12.9. The average molecular weight is 479 g/mol. The lowest BCUT2D eigenvalue weighted by molar-refractivity contribution is -0.117. The second-order valence-electron chi connectivity index (χ2n) is 9.75. The van der Waals surface area contributed by atoms with Gasteiger partial charge in [0.25, 0.3) is 0 Å².